The highest BCUT2D eigenvalue weighted by atomic mass is 14.3. The van der Waals surface area contributed by atoms with Crippen molar-refractivity contribution in [3.8, 4) is 6.07 Å². The molecule has 1 atom stereocenters. The highest BCUT2D eigenvalue weighted by Gasteiger charge is 2.17. The van der Waals surface area contributed by atoms with Crippen LogP contribution < -0.4 is 0 Å². The summed E-state index contributed by atoms with van der Waals surface area (Å²) < 4.78 is 0. The molecule has 0 fully saturated rings. The third-order valence-corrected chi connectivity index (χ3v) is 2.65. The first kappa shape index (κ1) is 7.36. The third-order valence-electron chi connectivity index (χ3n) is 2.65. The summed E-state index contributed by atoms with van der Waals surface area (Å²) in [4.78, 5) is 0. The molecule has 1 nitrogen and oxygen atoms in total. The number of hydrogen-bond donors (Lipinski definition) is 0. The lowest BCUT2D eigenvalue weighted by Gasteiger charge is -2.02. The number of nitrogens with zero attached hydrogens (tertiary/aromatic N) is 1. The number of benzene rings is 1. The summed E-state index contributed by atoms with van der Waals surface area (Å²) in [6.07, 6.45) is 2.39. The molecule has 0 amide bonds. The van der Waals surface area contributed by atoms with Crippen molar-refractivity contribution in [2.45, 2.75) is 25.7 Å². The van der Waals surface area contributed by atoms with Crippen molar-refractivity contribution in [2.75, 3.05) is 0 Å². The lowest BCUT2D eigenvalue weighted by Crippen LogP contribution is -1.86. The van der Waals surface area contributed by atoms with Gasteiger partial charge in [0.05, 0.1) is 11.6 Å². The minimum absolute atomic E-state index is 0.688. The topological polar surface area (TPSA) is 23.8 Å². The van der Waals surface area contributed by atoms with E-state index in [-0.39, 0.29) is 0 Å². The molecule has 1 heteroatoms. The Morgan fingerprint density at radius 3 is 3.08 bits per heavy atom. The van der Waals surface area contributed by atoms with Gasteiger partial charge in [-0.05, 0) is 42.0 Å². The van der Waals surface area contributed by atoms with Gasteiger partial charge in [-0.15, -0.1) is 0 Å². The molecule has 1 aromatic rings. The van der Waals surface area contributed by atoms with Crippen LogP contribution in [0.5, 0.6) is 0 Å². The molecule has 0 aromatic heterocycles. The molecular formula is C11H11N. The maximum absolute atomic E-state index is 8.68. The van der Waals surface area contributed by atoms with E-state index < -0.39 is 0 Å². The molecule has 2 rings (SSSR count). The van der Waals surface area contributed by atoms with Crippen molar-refractivity contribution >= 4 is 0 Å². The van der Waals surface area contributed by atoms with E-state index in [1.54, 1.807) is 0 Å². The molecular weight excluding hydrogens is 146 g/mol. The molecule has 1 aromatic carbocycles. The molecule has 0 radical (unpaired) electrons. The largest absolute Gasteiger partial charge is 0.192 e. The second kappa shape index (κ2) is 2.64. The predicted octanol–water partition coefficient (Wildman–Crippen LogP) is 2.61. The van der Waals surface area contributed by atoms with Gasteiger partial charge in [-0.1, -0.05) is 13.0 Å². The molecule has 1 aliphatic rings. The van der Waals surface area contributed by atoms with Crippen molar-refractivity contribution in [1.82, 2.24) is 0 Å². The Morgan fingerprint density at radius 2 is 2.33 bits per heavy atom. The maximum atomic E-state index is 8.68. The fourth-order valence-electron chi connectivity index (χ4n) is 1.90. The lowest BCUT2D eigenvalue weighted by atomic mass is 10.0. The van der Waals surface area contributed by atoms with Crippen LogP contribution in [0.25, 0.3) is 0 Å². The Morgan fingerprint density at radius 1 is 1.50 bits per heavy atom. The number of fused-ring (bicyclic) bond motifs is 1. The Hall–Kier alpha value is -1.29. The fraction of sp³-hybridized carbons (Fsp3) is 0.364. The smallest absolute Gasteiger partial charge is 0.0991 e. The van der Waals surface area contributed by atoms with Gasteiger partial charge < -0.3 is 0 Å². The minimum atomic E-state index is 0.688. The average molecular weight is 157 g/mol. The van der Waals surface area contributed by atoms with Crippen molar-refractivity contribution < 1.29 is 0 Å². The van der Waals surface area contributed by atoms with Crippen molar-refractivity contribution in [2.24, 2.45) is 0 Å². The summed E-state index contributed by atoms with van der Waals surface area (Å²) in [6.45, 7) is 2.25. The van der Waals surface area contributed by atoms with E-state index >= 15 is 0 Å². The van der Waals surface area contributed by atoms with Crippen LogP contribution in [0.2, 0.25) is 0 Å². The third kappa shape index (κ3) is 1.00. The Labute approximate surface area is 72.6 Å². The number of hydrogen-bond acceptors (Lipinski definition) is 1. The van der Waals surface area contributed by atoms with Crippen LogP contribution >= 0.6 is 0 Å². The fourth-order valence-corrected chi connectivity index (χ4v) is 1.90. The zero-order valence-corrected chi connectivity index (χ0v) is 7.17. The van der Waals surface area contributed by atoms with Crippen LogP contribution in [0, 0.1) is 11.3 Å². The van der Waals surface area contributed by atoms with E-state index in [0.29, 0.717) is 5.92 Å². The molecule has 0 N–H and O–H groups in total. The van der Waals surface area contributed by atoms with Gasteiger partial charge in [0.15, 0.2) is 0 Å². The molecule has 0 saturated heterocycles. The average Bonchev–Trinajstić information content (AvgIpc) is 2.47. The molecule has 0 aliphatic heterocycles. The summed E-state index contributed by atoms with van der Waals surface area (Å²) in [7, 11) is 0. The summed E-state index contributed by atoms with van der Waals surface area (Å²) in [5.41, 5.74) is 3.61. The first-order valence-corrected chi connectivity index (χ1v) is 4.34. The first-order valence-electron chi connectivity index (χ1n) is 4.34. The van der Waals surface area contributed by atoms with E-state index in [1.165, 1.54) is 17.5 Å². The highest BCUT2D eigenvalue weighted by Crippen LogP contribution is 2.32. The normalized spacial score (nSPS) is 20.2. The van der Waals surface area contributed by atoms with Gasteiger partial charge in [0.25, 0.3) is 0 Å². The standard InChI is InChI=1S/C11H11N/c1-8-2-4-10-6-9(7-12)3-5-11(8)10/h3,5-6,8H,2,4H2,1H3/t8-/m0/s1. The molecule has 0 spiro atoms. The number of rotatable bonds is 0. The number of aryl methyl sites for hydroxylation is 1. The van der Waals surface area contributed by atoms with Gasteiger partial charge in [-0.25, -0.2) is 0 Å². The molecule has 0 heterocycles. The number of nitriles is 1. The van der Waals surface area contributed by atoms with Crippen LogP contribution in [0.1, 0.15) is 36.0 Å². The van der Waals surface area contributed by atoms with Crippen molar-refractivity contribution in [3.05, 3.63) is 34.9 Å². The van der Waals surface area contributed by atoms with Gasteiger partial charge in [0.1, 0.15) is 0 Å². The molecule has 1 aliphatic carbocycles. The molecule has 12 heavy (non-hydrogen) atoms. The van der Waals surface area contributed by atoms with Crippen LogP contribution in [0.4, 0.5) is 0 Å². The van der Waals surface area contributed by atoms with E-state index in [9.17, 15) is 0 Å². The maximum Gasteiger partial charge on any atom is 0.0991 e. The van der Waals surface area contributed by atoms with Gasteiger partial charge in [0.2, 0.25) is 0 Å². The van der Waals surface area contributed by atoms with Gasteiger partial charge in [0, 0.05) is 0 Å². The van der Waals surface area contributed by atoms with E-state index in [0.717, 1.165) is 12.0 Å². The molecule has 60 valence electrons. The second-order valence-electron chi connectivity index (χ2n) is 3.47. The van der Waals surface area contributed by atoms with Crippen molar-refractivity contribution in [1.29, 1.82) is 5.26 Å². The summed E-state index contributed by atoms with van der Waals surface area (Å²) in [6, 6.07) is 8.22. The summed E-state index contributed by atoms with van der Waals surface area (Å²) in [5, 5.41) is 8.68. The van der Waals surface area contributed by atoms with E-state index in [4.69, 9.17) is 5.26 Å². The van der Waals surface area contributed by atoms with E-state index in [1.807, 2.05) is 12.1 Å². The summed E-state index contributed by atoms with van der Waals surface area (Å²) in [5.74, 6) is 0.688. The molecule has 0 bridgehead atoms. The predicted molar refractivity (Wildman–Crippen MR) is 47.9 cm³/mol. The van der Waals surface area contributed by atoms with Gasteiger partial charge >= 0.3 is 0 Å². The van der Waals surface area contributed by atoms with Gasteiger partial charge in [-0.2, -0.15) is 5.26 Å². The SMILES string of the molecule is C[C@H]1CCc2cc(C#N)ccc21. The monoisotopic (exact) mass is 157 g/mol. The molecule has 0 unspecified atom stereocenters. The lowest BCUT2D eigenvalue weighted by molar-refractivity contribution is 0.747. The Balaban J connectivity index is 2.50. The Bertz CT molecular complexity index is 347. The quantitative estimate of drug-likeness (QED) is 0.568. The Kier molecular flexibility index (Phi) is 1.62. The van der Waals surface area contributed by atoms with E-state index in [2.05, 4.69) is 19.1 Å². The van der Waals surface area contributed by atoms with Crippen molar-refractivity contribution in [3.63, 3.8) is 0 Å². The zero-order chi connectivity index (χ0) is 8.55. The second-order valence-corrected chi connectivity index (χ2v) is 3.47. The minimum Gasteiger partial charge on any atom is -0.192 e. The van der Waals surface area contributed by atoms with Gasteiger partial charge in [-0.3, -0.25) is 0 Å². The summed E-state index contributed by atoms with van der Waals surface area (Å²) >= 11 is 0. The first-order chi connectivity index (χ1) is 5.81. The van der Waals surface area contributed by atoms with Crippen LogP contribution in [0.15, 0.2) is 18.2 Å². The highest BCUT2D eigenvalue weighted by molar-refractivity contribution is 5.42. The van der Waals surface area contributed by atoms with Crippen LogP contribution in [0.3, 0.4) is 0 Å². The molecule has 0 saturated carbocycles. The zero-order valence-electron chi connectivity index (χ0n) is 7.17. The van der Waals surface area contributed by atoms with Crippen LogP contribution in [-0.4, -0.2) is 0 Å². The van der Waals surface area contributed by atoms with Crippen LogP contribution in [-0.2, 0) is 6.42 Å².